The zero-order valence-corrected chi connectivity index (χ0v) is 9.56. The lowest BCUT2D eigenvalue weighted by atomic mass is 9.95. The number of nitrogens with two attached hydrogens (primary N) is 1. The van der Waals surface area contributed by atoms with E-state index in [1.807, 2.05) is 18.2 Å². The standard InChI is InChI=1S/C12H17ClN2/c13-11-7-6-9(14)8-12(11)15-10-4-2-1-3-5-10/h6-8,10,15H,1-5,14H2. The summed E-state index contributed by atoms with van der Waals surface area (Å²) in [6.45, 7) is 0. The molecule has 1 aliphatic carbocycles. The van der Waals surface area contributed by atoms with Gasteiger partial charge in [0.15, 0.2) is 0 Å². The number of benzene rings is 1. The summed E-state index contributed by atoms with van der Waals surface area (Å²) in [7, 11) is 0. The Hall–Kier alpha value is -0.890. The minimum absolute atomic E-state index is 0.568. The van der Waals surface area contributed by atoms with Gasteiger partial charge in [0.2, 0.25) is 0 Å². The third-order valence-corrected chi connectivity index (χ3v) is 3.28. The molecule has 1 saturated carbocycles. The number of nitrogens with one attached hydrogen (secondary N) is 1. The van der Waals surface area contributed by atoms with E-state index in [9.17, 15) is 0 Å². The Morgan fingerprint density at radius 3 is 2.67 bits per heavy atom. The van der Waals surface area contributed by atoms with E-state index < -0.39 is 0 Å². The number of nitrogen functional groups attached to an aromatic ring is 1. The topological polar surface area (TPSA) is 38.0 Å². The average molecular weight is 225 g/mol. The Morgan fingerprint density at radius 1 is 1.20 bits per heavy atom. The number of hydrogen-bond acceptors (Lipinski definition) is 2. The van der Waals surface area contributed by atoms with Gasteiger partial charge >= 0.3 is 0 Å². The lowest BCUT2D eigenvalue weighted by molar-refractivity contribution is 0.463. The fraction of sp³-hybridized carbons (Fsp3) is 0.500. The van der Waals surface area contributed by atoms with Gasteiger partial charge in [0.1, 0.15) is 0 Å². The minimum Gasteiger partial charge on any atom is -0.399 e. The molecule has 1 aromatic carbocycles. The highest BCUT2D eigenvalue weighted by atomic mass is 35.5. The summed E-state index contributed by atoms with van der Waals surface area (Å²) in [5, 5.41) is 4.24. The zero-order valence-electron chi connectivity index (χ0n) is 8.80. The molecule has 1 aromatic rings. The van der Waals surface area contributed by atoms with Crippen LogP contribution in [-0.2, 0) is 0 Å². The molecule has 2 nitrogen and oxygen atoms in total. The van der Waals surface area contributed by atoms with E-state index in [1.54, 1.807) is 0 Å². The molecule has 1 aliphatic rings. The van der Waals surface area contributed by atoms with Crippen molar-refractivity contribution in [1.29, 1.82) is 0 Å². The molecule has 3 heteroatoms. The monoisotopic (exact) mass is 224 g/mol. The Bertz CT molecular complexity index is 332. The van der Waals surface area contributed by atoms with Crippen LogP contribution in [0.5, 0.6) is 0 Å². The van der Waals surface area contributed by atoms with E-state index >= 15 is 0 Å². The van der Waals surface area contributed by atoms with Gasteiger partial charge in [-0.2, -0.15) is 0 Å². The van der Waals surface area contributed by atoms with Gasteiger partial charge in [0, 0.05) is 11.7 Å². The molecular formula is C12H17ClN2. The van der Waals surface area contributed by atoms with Crippen LogP contribution in [0.1, 0.15) is 32.1 Å². The first kappa shape index (κ1) is 10.6. The molecule has 0 aliphatic heterocycles. The second kappa shape index (κ2) is 4.75. The normalized spacial score (nSPS) is 17.7. The van der Waals surface area contributed by atoms with Gasteiger partial charge in [-0.05, 0) is 31.0 Å². The van der Waals surface area contributed by atoms with Crippen molar-refractivity contribution in [2.45, 2.75) is 38.1 Å². The van der Waals surface area contributed by atoms with Crippen molar-refractivity contribution in [2.75, 3.05) is 11.1 Å². The minimum atomic E-state index is 0.568. The highest BCUT2D eigenvalue weighted by Crippen LogP contribution is 2.28. The predicted octanol–water partition coefficient (Wildman–Crippen LogP) is 3.67. The molecule has 82 valence electrons. The molecule has 0 radical (unpaired) electrons. The first-order chi connectivity index (χ1) is 7.25. The van der Waals surface area contributed by atoms with Gasteiger partial charge in [0.05, 0.1) is 10.7 Å². The lowest BCUT2D eigenvalue weighted by Crippen LogP contribution is -2.22. The van der Waals surface area contributed by atoms with Crippen molar-refractivity contribution in [3.8, 4) is 0 Å². The molecule has 0 bridgehead atoms. The fourth-order valence-electron chi connectivity index (χ4n) is 2.12. The van der Waals surface area contributed by atoms with Crippen LogP contribution < -0.4 is 11.1 Å². The first-order valence-electron chi connectivity index (χ1n) is 5.57. The maximum atomic E-state index is 6.10. The third kappa shape index (κ3) is 2.78. The summed E-state index contributed by atoms with van der Waals surface area (Å²) in [5.74, 6) is 0. The SMILES string of the molecule is Nc1ccc(Cl)c(NC2CCCCC2)c1. The predicted molar refractivity (Wildman–Crippen MR) is 66.4 cm³/mol. The molecule has 1 fully saturated rings. The molecule has 0 aromatic heterocycles. The summed E-state index contributed by atoms with van der Waals surface area (Å²) in [5.41, 5.74) is 7.47. The number of hydrogen-bond donors (Lipinski definition) is 2. The van der Waals surface area contributed by atoms with E-state index in [-0.39, 0.29) is 0 Å². The smallest absolute Gasteiger partial charge is 0.0639 e. The summed E-state index contributed by atoms with van der Waals surface area (Å²) < 4.78 is 0. The van der Waals surface area contributed by atoms with Crippen molar-refractivity contribution in [3.63, 3.8) is 0 Å². The van der Waals surface area contributed by atoms with Gasteiger partial charge in [-0.3, -0.25) is 0 Å². The first-order valence-corrected chi connectivity index (χ1v) is 5.95. The largest absolute Gasteiger partial charge is 0.399 e. The van der Waals surface area contributed by atoms with Crippen LogP contribution in [0, 0.1) is 0 Å². The molecule has 3 N–H and O–H groups in total. The molecule has 0 unspecified atom stereocenters. The van der Waals surface area contributed by atoms with Crippen LogP contribution in [0.2, 0.25) is 5.02 Å². The third-order valence-electron chi connectivity index (χ3n) is 2.96. The van der Waals surface area contributed by atoms with Crippen LogP contribution >= 0.6 is 11.6 Å². The highest BCUT2D eigenvalue weighted by molar-refractivity contribution is 6.33. The van der Waals surface area contributed by atoms with Crippen molar-refractivity contribution in [1.82, 2.24) is 0 Å². The van der Waals surface area contributed by atoms with E-state index in [0.717, 1.165) is 16.4 Å². The fourth-order valence-corrected chi connectivity index (χ4v) is 2.29. The molecule has 15 heavy (non-hydrogen) atoms. The summed E-state index contributed by atoms with van der Waals surface area (Å²) in [4.78, 5) is 0. The van der Waals surface area contributed by atoms with Gasteiger partial charge < -0.3 is 11.1 Å². The molecule has 2 rings (SSSR count). The molecular weight excluding hydrogens is 208 g/mol. The Labute approximate surface area is 95.8 Å². The maximum Gasteiger partial charge on any atom is 0.0639 e. The second-order valence-corrected chi connectivity index (χ2v) is 4.63. The number of rotatable bonds is 2. The zero-order chi connectivity index (χ0) is 10.7. The van der Waals surface area contributed by atoms with Crippen molar-refractivity contribution in [3.05, 3.63) is 23.2 Å². The van der Waals surface area contributed by atoms with Crippen molar-refractivity contribution >= 4 is 23.0 Å². The summed E-state index contributed by atoms with van der Waals surface area (Å²) in [6.07, 6.45) is 6.48. The summed E-state index contributed by atoms with van der Waals surface area (Å²) >= 11 is 6.10. The van der Waals surface area contributed by atoms with Crippen LogP contribution in [0.4, 0.5) is 11.4 Å². The molecule has 0 saturated heterocycles. The van der Waals surface area contributed by atoms with Gasteiger partial charge in [-0.15, -0.1) is 0 Å². The highest BCUT2D eigenvalue weighted by Gasteiger charge is 2.13. The number of halogens is 1. The van der Waals surface area contributed by atoms with Gasteiger partial charge in [-0.1, -0.05) is 30.9 Å². The van der Waals surface area contributed by atoms with Crippen LogP contribution in [0.25, 0.3) is 0 Å². The van der Waals surface area contributed by atoms with E-state index in [2.05, 4.69) is 5.32 Å². The average Bonchev–Trinajstić information content (AvgIpc) is 2.25. The van der Waals surface area contributed by atoms with E-state index in [4.69, 9.17) is 17.3 Å². The second-order valence-electron chi connectivity index (χ2n) is 4.22. The molecule has 0 amide bonds. The van der Waals surface area contributed by atoms with E-state index in [0.29, 0.717) is 6.04 Å². The van der Waals surface area contributed by atoms with Crippen molar-refractivity contribution in [2.24, 2.45) is 0 Å². The van der Waals surface area contributed by atoms with Crippen molar-refractivity contribution < 1.29 is 0 Å². The Kier molecular flexibility index (Phi) is 3.37. The number of anilines is 2. The molecule has 0 atom stereocenters. The lowest BCUT2D eigenvalue weighted by Gasteiger charge is -2.24. The van der Waals surface area contributed by atoms with Crippen LogP contribution in [0.15, 0.2) is 18.2 Å². The quantitative estimate of drug-likeness (QED) is 0.753. The van der Waals surface area contributed by atoms with Gasteiger partial charge in [-0.25, -0.2) is 0 Å². The molecule has 0 spiro atoms. The van der Waals surface area contributed by atoms with Crippen LogP contribution in [-0.4, -0.2) is 6.04 Å². The summed E-state index contributed by atoms with van der Waals surface area (Å²) in [6, 6.07) is 6.16. The maximum absolute atomic E-state index is 6.10. The van der Waals surface area contributed by atoms with E-state index in [1.165, 1.54) is 32.1 Å². The van der Waals surface area contributed by atoms with Gasteiger partial charge in [0.25, 0.3) is 0 Å². The Balaban J connectivity index is 2.05. The van der Waals surface area contributed by atoms with Crippen LogP contribution in [0.3, 0.4) is 0 Å². The molecule has 0 heterocycles. The Morgan fingerprint density at radius 2 is 1.93 bits per heavy atom.